The van der Waals surface area contributed by atoms with Gasteiger partial charge >= 0.3 is 0 Å². The highest BCUT2D eigenvalue weighted by Gasteiger charge is 1.98. The third-order valence-corrected chi connectivity index (χ3v) is 2.43. The summed E-state index contributed by atoms with van der Waals surface area (Å²) in [7, 11) is 0. The van der Waals surface area contributed by atoms with Crippen molar-refractivity contribution < 1.29 is 4.74 Å². The number of ether oxygens (including phenoxy) is 1. The fourth-order valence-electron chi connectivity index (χ4n) is 1.65. The molecule has 16 heavy (non-hydrogen) atoms. The molecule has 90 valence electrons. The molecule has 0 aliphatic carbocycles. The largest absolute Gasteiger partial charge is 0.502 e. The molecule has 1 N–H and O–H groups in total. The second-order valence-electron chi connectivity index (χ2n) is 3.76. The van der Waals surface area contributed by atoms with Crippen molar-refractivity contribution in [2.24, 2.45) is 0 Å². The Hall–Kier alpha value is -1.22. The molecule has 0 unspecified atom stereocenters. The summed E-state index contributed by atoms with van der Waals surface area (Å²) in [5, 5.41) is 3.41. The maximum atomic E-state index is 5.05. The molecule has 0 aromatic carbocycles. The van der Waals surface area contributed by atoms with E-state index in [0.29, 0.717) is 0 Å². The van der Waals surface area contributed by atoms with E-state index in [1.807, 2.05) is 0 Å². The number of rotatable bonds is 9. The zero-order chi connectivity index (χ0) is 11.6. The maximum absolute atomic E-state index is 5.05. The lowest BCUT2D eigenvalue weighted by atomic mass is 10.3. The highest BCUT2D eigenvalue weighted by Crippen LogP contribution is 2.03. The van der Waals surface area contributed by atoms with Gasteiger partial charge in [0, 0.05) is 25.0 Å². The van der Waals surface area contributed by atoms with Gasteiger partial charge < -0.3 is 14.6 Å². The summed E-state index contributed by atoms with van der Waals surface area (Å²) in [6.07, 6.45) is 5.82. The molecule has 0 atom stereocenters. The summed E-state index contributed by atoms with van der Waals surface area (Å²) in [4.78, 5) is 0. The Morgan fingerprint density at radius 1 is 1.56 bits per heavy atom. The number of aromatic nitrogens is 1. The van der Waals surface area contributed by atoms with Crippen molar-refractivity contribution in [3.63, 3.8) is 0 Å². The van der Waals surface area contributed by atoms with Gasteiger partial charge in [0.2, 0.25) is 0 Å². The van der Waals surface area contributed by atoms with Crippen LogP contribution in [0.3, 0.4) is 0 Å². The molecule has 0 amide bonds. The highest BCUT2D eigenvalue weighted by atomic mass is 16.5. The van der Waals surface area contributed by atoms with Gasteiger partial charge in [-0.25, -0.2) is 0 Å². The SMILES string of the molecule is C=COCCCNCc1cccn1CCC. The third-order valence-electron chi connectivity index (χ3n) is 2.43. The smallest absolute Gasteiger partial charge is 0.0885 e. The van der Waals surface area contributed by atoms with E-state index >= 15 is 0 Å². The molecule has 0 fully saturated rings. The Kier molecular flexibility index (Phi) is 6.42. The fourth-order valence-corrected chi connectivity index (χ4v) is 1.65. The van der Waals surface area contributed by atoms with Crippen LogP contribution in [0.1, 0.15) is 25.5 Å². The molecule has 0 spiro atoms. The van der Waals surface area contributed by atoms with E-state index in [-0.39, 0.29) is 0 Å². The Morgan fingerprint density at radius 2 is 2.44 bits per heavy atom. The minimum atomic E-state index is 0.743. The zero-order valence-electron chi connectivity index (χ0n) is 10.1. The first kappa shape index (κ1) is 12.8. The minimum Gasteiger partial charge on any atom is -0.502 e. The van der Waals surface area contributed by atoms with Crippen molar-refractivity contribution in [2.45, 2.75) is 32.9 Å². The van der Waals surface area contributed by atoms with Crippen LogP contribution in [-0.2, 0) is 17.8 Å². The average molecular weight is 222 g/mol. The molecule has 3 heteroatoms. The molecule has 1 aromatic rings. The lowest BCUT2D eigenvalue weighted by Crippen LogP contribution is -2.18. The van der Waals surface area contributed by atoms with Gasteiger partial charge in [-0.3, -0.25) is 0 Å². The van der Waals surface area contributed by atoms with E-state index in [2.05, 4.69) is 41.7 Å². The van der Waals surface area contributed by atoms with Gasteiger partial charge in [-0.15, -0.1) is 0 Å². The quantitative estimate of drug-likeness (QED) is 0.513. The predicted molar refractivity (Wildman–Crippen MR) is 67.2 cm³/mol. The van der Waals surface area contributed by atoms with Gasteiger partial charge in [-0.1, -0.05) is 13.5 Å². The lowest BCUT2D eigenvalue weighted by molar-refractivity contribution is 0.244. The zero-order valence-corrected chi connectivity index (χ0v) is 10.1. The molecule has 0 aliphatic heterocycles. The van der Waals surface area contributed by atoms with Crippen molar-refractivity contribution in [2.75, 3.05) is 13.2 Å². The second kappa shape index (κ2) is 7.99. The summed E-state index contributed by atoms with van der Waals surface area (Å²) in [5.74, 6) is 0. The number of aryl methyl sites for hydroxylation is 1. The number of nitrogens with zero attached hydrogens (tertiary/aromatic N) is 1. The van der Waals surface area contributed by atoms with Crippen molar-refractivity contribution in [1.29, 1.82) is 0 Å². The monoisotopic (exact) mass is 222 g/mol. The van der Waals surface area contributed by atoms with Crippen LogP contribution in [0.25, 0.3) is 0 Å². The summed E-state index contributed by atoms with van der Waals surface area (Å²) >= 11 is 0. The number of hydrogen-bond donors (Lipinski definition) is 1. The molecule has 3 nitrogen and oxygen atoms in total. The van der Waals surface area contributed by atoms with Crippen molar-refractivity contribution in [1.82, 2.24) is 9.88 Å². The Morgan fingerprint density at radius 3 is 3.19 bits per heavy atom. The van der Waals surface area contributed by atoms with E-state index in [1.54, 1.807) is 0 Å². The molecular formula is C13H22N2O. The van der Waals surface area contributed by atoms with Crippen LogP contribution in [0.4, 0.5) is 0 Å². The molecule has 0 bridgehead atoms. The number of nitrogens with one attached hydrogen (secondary N) is 1. The third kappa shape index (κ3) is 4.53. The first-order valence-corrected chi connectivity index (χ1v) is 5.95. The van der Waals surface area contributed by atoms with Gasteiger partial charge in [0.1, 0.15) is 0 Å². The molecule has 0 saturated heterocycles. The van der Waals surface area contributed by atoms with Crippen molar-refractivity contribution in [3.8, 4) is 0 Å². The van der Waals surface area contributed by atoms with Gasteiger partial charge in [-0.2, -0.15) is 0 Å². The van der Waals surface area contributed by atoms with Crippen LogP contribution in [0.15, 0.2) is 31.2 Å². The van der Waals surface area contributed by atoms with Crippen LogP contribution >= 0.6 is 0 Å². The van der Waals surface area contributed by atoms with Gasteiger partial charge in [0.05, 0.1) is 12.9 Å². The van der Waals surface area contributed by atoms with E-state index in [0.717, 1.165) is 32.7 Å². The molecule has 1 aromatic heterocycles. The normalized spacial score (nSPS) is 10.3. The number of hydrogen-bond acceptors (Lipinski definition) is 2. The Balaban J connectivity index is 2.16. The summed E-state index contributed by atoms with van der Waals surface area (Å²) in [5.41, 5.74) is 1.35. The van der Waals surface area contributed by atoms with E-state index in [4.69, 9.17) is 4.74 Å². The molecule has 1 heterocycles. The summed E-state index contributed by atoms with van der Waals surface area (Å²) in [6.45, 7) is 9.46. The van der Waals surface area contributed by atoms with Crippen LogP contribution in [0, 0.1) is 0 Å². The van der Waals surface area contributed by atoms with E-state index in [1.165, 1.54) is 18.4 Å². The van der Waals surface area contributed by atoms with Crippen LogP contribution in [0.5, 0.6) is 0 Å². The van der Waals surface area contributed by atoms with Crippen LogP contribution < -0.4 is 5.32 Å². The lowest BCUT2D eigenvalue weighted by Gasteiger charge is -2.09. The first-order chi connectivity index (χ1) is 7.88. The van der Waals surface area contributed by atoms with Crippen LogP contribution in [0.2, 0.25) is 0 Å². The van der Waals surface area contributed by atoms with Gasteiger partial charge in [0.15, 0.2) is 0 Å². The second-order valence-corrected chi connectivity index (χ2v) is 3.76. The van der Waals surface area contributed by atoms with Crippen molar-refractivity contribution in [3.05, 3.63) is 36.9 Å². The standard InChI is InChI=1S/C13H22N2O/c1-3-9-15-10-5-7-13(15)12-14-8-6-11-16-4-2/h4-5,7,10,14H,2-3,6,8-9,11-12H2,1H3. The topological polar surface area (TPSA) is 26.2 Å². The Bertz CT molecular complexity index is 294. The molecule has 0 radical (unpaired) electrons. The van der Waals surface area contributed by atoms with E-state index in [9.17, 15) is 0 Å². The average Bonchev–Trinajstić information content (AvgIpc) is 2.72. The summed E-state index contributed by atoms with van der Waals surface area (Å²) in [6, 6.07) is 4.27. The molecule has 0 aliphatic rings. The molecule has 0 saturated carbocycles. The fraction of sp³-hybridized carbons (Fsp3) is 0.538. The molecular weight excluding hydrogens is 200 g/mol. The van der Waals surface area contributed by atoms with Gasteiger partial charge in [0.25, 0.3) is 0 Å². The minimum absolute atomic E-state index is 0.743. The predicted octanol–water partition coefficient (Wildman–Crippen LogP) is 2.54. The van der Waals surface area contributed by atoms with Crippen molar-refractivity contribution >= 4 is 0 Å². The van der Waals surface area contributed by atoms with E-state index < -0.39 is 0 Å². The maximum Gasteiger partial charge on any atom is 0.0885 e. The van der Waals surface area contributed by atoms with Gasteiger partial charge in [-0.05, 0) is 31.5 Å². The summed E-state index contributed by atoms with van der Waals surface area (Å²) < 4.78 is 7.35. The molecule has 1 rings (SSSR count). The first-order valence-electron chi connectivity index (χ1n) is 5.95. The Labute approximate surface area is 98.1 Å². The van der Waals surface area contributed by atoms with Crippen LogP contribution in [-0.4, -0.2) is 17.7 Å². The highest BCUT2D eigenvalue weighted by molar-refractivity contribution is 5.06.